The van der Waals surface area contributed by atoms with Crippen LogP contribution >= 0.6 is 0 Å². The Morgan fingerprint density at radius 2 is 1.90 bits per heavy atom. The number of benzene rings is 1. The third-order valence-corrected chi connectivity index (χ3v) is 2.83. The minimum absolute atomic E-state index is 0.225. The molecular weight excluding hydrogens is 270 g/mol. The van der Waals surface area contributed by atoms with Crippen LogP contribution in [0.4, 0.5) is 21.0 Å². The van der Waals surface area contributed by atoms with Crippen LogP contribution in [0.1, 0.15) is 26.7 Å². The van der Waals surface area contributed by atoms with Gasteiger partial charge in [0.25, 0.3) is 0 Å². The Kier molecular flexibility index (Phi) is 5.03. The molecule has 0 radical (unpaired) electrons. The number of urea groups is 1. The second-order valence-corrected chi connectivity index (χ2v) is 5.57. The molecule has 0 aliphatic heterocycles. The van der Waals surface area contributed by atoms with Crippen molar-refractivity contribution < 1.29 is 14.3 Å². The normalized spacial score (nSPS) is 13.7. The minimum Gasteiger partial charge on any atom is -0.449 e. The summed E-state index contributed by atoms with van der Waals surface area (Å²) in [5.41, 5.74) is 1.20. The summed E-state index contributed by atoms with van der Waals surface area (Å²) in [4.78, 5) is 23.2. The van der Waals surface area contributed by atoms with Gasteiger partial charge in [-0.05, 0) is 37.0 Å². The van der Waals surface area contributed by atoms with E-state index in [9.17, 15) is 9.59 Å². The SMILES string of the molecule is CC(C)COC(=O)Nc1cccc(NC(=O)NC2CC2)c1. The first-order valence-corrected chi connectivity index (χ1v) is 7.14. The van der Waals surface area contributed by atoms with Crippen molar-refractivity contribution in [1.29, 1.82) is 0 Å². The van der Waals surface area contributed by atoms with Gasteiger partial charge in [0, 0.05) is 17.4 Å². The molecule has 0 aromatic heterocycles. The molecule has 6 nitrogen and oxygen atoms in total. The molecule has 6 heteroatoms. The van der Waals surface area contributed by atoms with E-state index in [2.05, 4.69) is 16.0 Å². The molecule has 0 heterocycles. The lowest BCUT2D eigenvalue weighted by Gasteiger charge is -2.10. The molecule has 1 aromatic carbocycles. The molecule has 3 amide bonds. The van der Waals surface area contributed by atoms with E-state index in [1.54, 1.807) is 24.3 Å². The zero-order valence-electron chi connectivity index (χ0n) is 12.3. The van der Waals surface area contributed by atoms with Crippen LogP contribution in [0.5, 0.6) is 0 Å². The Morgan fingerprint density at radius 3 is 2.52 bits per heavy atom. The van der Waals surface area contributed by atoms with Crippen molar-refractivity contribution in [2.75, 3.05) is 17.2 Å². The van der Waals surface area contributed by atoms with Crippen molar-refractivity contribution in [2.24, 2.45) is 5.92 Å². The van der Waals surface area contributed by atoms with Gasteiger partial charge in [-0.1, -0.05) is 19.9 Å². The molecule has 2 rings (SSSR count). The number of carbonyl (C=O) groups is 2. The largest absolute Gasteiger partial charge is 0.449 e. The highest BCUT2D eigenvalue weighted by Crippen LogP contribution is 2.19. The van der Waals surface area contributed by atoms with Gasteiger partial charge in [0.15, 0.2) is 0 Å². The Hall–Kier alpha value is -2.24. The molecule has 0 saturated heterocycles. The first kappa shape index (κ1) is 15.2. The molecule has 0 unspecified atom stereocenters. The molecule has 0 spiro atoms. The van der Waals surface area contributed by atoms with Crippen LogP contribution in [0.15, 0.2) is 24.3 Å². The van der Waals surface area contributed by atoms with Crippen LogP contribution in [-0.4, -0.2) is 24.8 Å². The van der Waals surface area contributed by atoms with Gasteiger partial charge in [-0.25, -0.2) is 9.59 Å². The fraction of sp³-hybridized carbons (Fsp3) is 0.467. The lowest BCUT2D eigenvalue weighted by molar-refractivity contribution is 0.147. The van der Waals surface area contributed by atoms with Gasteiger partial charge in [-0.15, -0.1) is 0 Å². The lowest BCUT2D eigenvalue weighted by Crippen LogP contribution is -2.30. The third-order valence-electron chi connectivity index (χ3n) is 2.83. The van der Waals surface area contributed by atoms with Crippen LogP contribution in [0.2, 0.25) is 0 Å². The van der Waals surface area contributed by atoms with Gasteiger partial charge < -0.3 is 15.4 Å². The number of ether oxygens (including phenoxy) is 1. The maximum absolute atomic E-state index is 11.6. The van der Waals surface area contributed by atoms with Crippen LogP contribution in [0.25, 0.3) is 0 Å². The highest BCUT2D eigenvalue weighted by molar-refractivity contribution is 5.91. The predicted molar refractivity (Wildman–Crippen MR) is 81.4 cm³/mol. The zero-order chi connectivity index (χ0) is 15.2. The quantitative estimate of drug-likeness (QED) is 0.779. The molecule has 1 aliphatic rings. The summed E-state index contributed by atoms with van der Waals surface area (Å²) in [5.74, 6) is 0.287. The third kappa shape index (κ3) is 5.72. The number of rotatable bonds is 5. The van der Waals surface area contributed by atoms with Gasteiger partial charge in [0.05, 0.1) is 6.61 Å². The molecule has 1 aliphatic carbocycles. The highest BCUT2D eigenvalue weighted by atomic mass is 16.5. The average molecular weight is 291 g/mol. The topological polar surface area (TPSA) is 79.5 Å². The Balaban J connectivity index is 1.84. The van der Waals surface area contributed by atoms with Crippen molar-refractivity contribution >= 4 is 23.5 Å². The number of carbonyl (C=O) groups excluding carboxylic acids is 2. The standard InChI is InChI=1S/C15H21N3O3/c1-10(2)9-21-15(20)18-13-5-3-4-12(8-13)17-14(19)16-11-6-7-11/h3-5,8,10-11H,6-7,9H2,1-2H3,(H,18,20)(H2,16,17,19). The van der Waals surface area contributed by atoms with E-state index in [1.165, 1.54) is 0 Å². The first-order valence-electron chi connectivity index (χ1n) is 7.14. The monoisotopic (exact) mass is 291 g/mol. The second kappa shape index (κ2) is 6.97. The fourth-order valence-electron chi connectivity index (χ4n) is 1.65. The fourth-order valence-corrected chi connectivity index (χ4v) is 1.65. The molecule has 1 aromatic rings. The molecule has 114 valence electrons. The first-order chi connectivity index (χ1) is 10.0. The minimum atomic E-state index is -0.497. The van der Waals surface area contributed by atoms with Crippen LogP contribution in [0.3, 0.4) is 0 Å². The van der Waals surface area contributed by atoms with Gasteiger partial charge in [0.2, 0.25) is 0 Å². The van der Waals surface area contributed by atoms with E-state index < -0.39 is 6.09 Å². The summed E-state index contributed by atoms with van der Waals surface area (Å²) >= 11 is 0. The lowest BCUT2D eigenvalue weighted by atomic mass is 10.2. The predicted octanol–water partition coefficient (Wildman–Crippen LogP) is 3.18. The summed E-state index contributed by atoms with van der Waals surface area (Å²) in [6.07, 6.45) is 1.58. The maximum atomic E-state index is 11.6. The zero-order valence-corrected chi connectivity index (χ0v) is 12.3. The van der Waals surface area contributed by atoms with Gasteiger partial charge >= 0.3 is 12.1 Å². The van der Waals surface area contributed by atoms with E-state index in [4.69, 9.17) is 4.74 Å². The molecule has 21 heavy (non-hydrogen) atoms. The van der Waals surface area contributed by atoms with Crippen molar-refractivity contribution in [3.63, 3.8) is 0 Å². The number of nitrogens with one attached hydrogen (secondary N) is 3. The van der Waals surface area contributed by atoms with Crippen LogP contribution in [0, 0.1) is 5.92 Å². The number of amides is 3. The summed E-state index contributed by atoms with van der Waals surface area (Å²) in [6.45, 7) is 4.31. The Morgan fingerprint density at radius 1 is 1.24 bits per heavy atom. The summed E-state index contributed by atoms with van der Waals surface area (Å²) < 4.78 is 5.04. The molecule has 0 bridgehead atoms. The molecule has 3 N–H and O–H groups in total. The van der Waals surface area contributed by atoms with Crippen molar-refractivity contribution in [1.82, 2.24) is 5.32 Å². The second-order valence-electron chi connectivity index (χ2n) is 5.57. The van der Waals surface area contributed by atoms with Crippen molar-refractivity contribution in [3.8, 4) is 0 Å². The van der Waals surface area contributed by atoms with Gasteiger partial charge in [0.1, 0.15) is 0 Å². The summed E-state index contributed by atoms with van der Waals surface area (Å²) in [6, 6.07) is 7.01. The van der Waals surface area contributed by atoms with E-state index in [0.29, 0.717) is 24.0 Å². The van der Waals surface area contributed by atoms with E-state index >= 15 is 0 Å². The number of hydrogen-bond donors (Lipinski definition) is 3. The van der Waals surface area contributed by atoms with Crippen LogP contribution in [-0.2, 0) is 4.74 Å². The average Bonchev–Trinajstić information content (AvgIpc) is 3.20. The van der Waals surface area contributed by atoms with E-state index in [-0.39, 0.29) is 11.9 Å². The molecule has 0 atom stereocenters. The Bertz CT molecular complexity index is 513. The van der Waals surface area contributed by atoms with Crippen molar-refractivity contribution in [3.05, 3.63) is 24.3 Å². The van der Waals surface area contributed by atoms with E-state index in [1.807, 2.05) is 13.8 Å². The van der Waals surface area contributed by atoms with Gasteiger partial charge in [-0.3, -0.25) is 5.32 Å². The molecule has 1 fully saturated rings. The summed E-state index contributed by atoms with van der Waals surface area (Å²) in [5, 5.41) is 8.20. The van der Waals surface area contributed by atoms with Crippen LogP contribution < -0.4 is 16.0 Å². The molecular formula is C15H21N3O3. The summed E-state index contributed by atoms with van der Waals surface area (Å²) in [7, 11) is 0. The smallest absolute Gasteiger partial charge is 0.411 e. The van der Waals surface area contributed by atoms with Gasteiger partial charge in [-0.2, -0.15) is 0 Å². The van der Waals surface area contributed by atoms with Crippen molar-refractivity contribution in [2.45, 2.75) is 32.7 Å². The Labute approximate surface area is 124 Å². The number of anilines is 2. The highest BCUT2D eigenvalue weighted by Gasteiger charge is 2.23. The molecule has 1 saturated carbocycles. The number of hydrogen-bond acceptors (Lipinski definition) is 3. The maximum Gasteiger partial charge on any atom is 0.411 e. The van der Waals surface area contributed by atoms with E-state index in [0.717, 1.165) is 12.8 Å².